The lowest BCUT2D eigenvalue weighted by Gasteiger charge is -1.93. The summed E-state index contributed by atoms with van der Waals surface area (Å²) < 4.78 is 1.76. The molecule has 0 atom stereocenters. The fraction of sp³-hybridized carbons (Fsp3) is 0.333. The topological polar surface area (TPSA) is 50.9 Å². The molecule has 0 saturated carbocycles. The third-order valence-electron chi connectivity index (χ3n) is 1.87. The van der Waals surface area contributed by atoms with E-state index in [0.29, 0.717) is 0 Å². The van der Waals surface area contributed by atoms with Crippen LogP contribution in [0.3, 0.4) is 0 Å². The zero-order valence-electron chi connectivity index (χ0n) is 7.63. The monoisotopic (exact) mass is 209 g/mol. The first kappa shape index (κ1) is 9.36. The molecule has 0 bridgehead atoms. The Morgan fingerprint density at radius 2 is 2.43 bits per heavy atom. The summed E-state index contributed by atoms with van der Waals surface area (Å²) >= 11 is 1.55. The summed E-state index contributed by atoms with van der Waals surface area (Å²) in [5.41, 5.74) is 1.13. The van der Waals surface area contributed by atoms with E-state index in [1.165, 1.54) is 0 Å². The van der Waals surface area contributed by atoms with Gasteiger partial charge in [-0.15, -0.1) is 11.3 Å². The van der Waals surface area contributed by atoms with Gasteiger partial charge in [0.15, 0.2) is 0 Å². The van der Waals surface area contributed by atoms with Crippen molar-refractivity contribution in [2.75, 3.05) is 6.61 Å². The summed E-state index contributed by atoms with van der Waals surface area (Å²) in [5.74, 6) is 0. The minimum atomic E-state index is 0.225. The van der Waals surface area contributed by atoms with Gasteiger partial charge in [-0.1, -0.05) is 0 Å². The summed E-state index contributed by atoms with van der Waals surface area (Å²) in [6.45, 7) is 0.225. The van der Waals surface area contributed by atoms with E-state index in [9.17, 15) is 0 Å². The molecule has 0 radical (unpaired) electrons. The van der Waals surface area contributed by atoms with Gasteiger partial charge in [-0.25, -0.2) is 9.67 Å². The van der Waals surface area contributed by atoms with E-state index in [1.54, 1.807) is 22.2 Å². The van der Waals surface area contributed by atoms with Crippen molar-refractivity contribution in [3.05, 3.63) is 29.5 Å². The van der Waals surface area contributed by atoms with Crippen LogP contribution in [0.2, 0.25) is 0 Å². The molecule has 0 aliphatic carbocycles. The molecule has 0 spiro atoms. The van der Waals surface area contributed by atoms with E-state index >= 15 is 0 Å². The van der Waals surface area contributed by atoms with Crippen molar-refractivity contribution in [2.45, 2.75) is 12.8 Å². The number of nitrogens with zero attached hydrogens (tertiary/aromatic N) is 3. The quantitative estimate of drug-likeness (QED) is 0.824. The molecule has 2 rings (SSSR count). The molecule has 0 aliphatic heterocycles. The molecule has 0 amide bonds. The van der Waals surface area contributed by atoms with Crippen LogP contribution in [0.15, 0.2) is 24.0 Å². The summed E-state index contributed by atoms with van der Waals surface area (Å²) in [6.07, 6.45) is 7.17. The van der Waals surface area contributed by atoms with Crippen LogP contribution in [0, 0.1) is 0 Å². The van der Waals surface area contributed by atoms with Crippen LogP contribution in [-0.4, -0.2) is 26.5 Å². The molecule has 0 saturated heterocycles. The van der Waals surface area contributed by atoms with Crippen molar-refractivity contribution < 1.29 is 5.11 Å². The SMILES string of the molecule is OCCCc1cnn(-c2nccs2)c1. The van der Waals surface area contributed by atoms with Gasteiger partial charge in [0.2, 0.25) is 5.13 Å². The van der Waals surface area contributed by atoms with Crippen LogP contribution in [0.4, 0.5) is 0 Å². The Labute approximate surface area is 85.8 Å². The molecule has 0 unspecified atom stereocenters. The lowest BCUT2D eigenvalue weighted by Crippen LogP contribution is -1.92. The second-order valence-corrected chi connectivity index (χ2v) is 3.81. The molecular weight excluding hydrogens is 198 g/mol. The van der Waals surface area contributed by atoms with Gasteiger partial charge >= 0.3 is 0 Å². The Bertz CT molecular complexity index is 382. The second kappa shape index (κ2) is 4.34. The van der Waals surface area contributed by atoms with Gasteiger partial charge in [0, 0.05) is 24.4 Å². The maximum Gasteiger partial charge on any atom is 0.210 e. The van der Waals surface area contributed by atoms with Crippen molar-refractivity contribution in [1.82, 2.24) is 14.8 Å². The smallest absolute Gasteiger partial charge is 0.210 e. The van der Waals surface area contributed by atoms with Crippen molar-refractivity contribution in [2.24, 2.45) is 0 Å². The van der Waals surface area contributed by atoms with Crippen molar-refractivity contribution in [3.8, 4) is 5.13 Å². The van der Waals surface area contributed by atoms with Crippen LogP contribution in [-0.2, 0) is 6.42 Å². The van der Waals surface area contributed by atoms with Gasteiger partial charge in [0.25, 0.3) is 0 Å². The highest BCUT2D eigenvalue weighted by Gasteiger charge is 2.01. The number of hydrogen-bond acceptors (Lipinski definition) is 4. The van der Waals surface area contributed by atoms with E-state index in [-0.39, 0.29) is 6.61 Å². The summed E-state index contributed by atoms with van der Waals surface area (Å²) in [4.78, 5) is 4.15. The van der Waals surface area contributed by atoms with Gasteiger partial charge in [-0.3, -0.25) is 0 Å². The van der Waals surface area contributed by atoms with Gasteiger partial charge in [0.1, 0.15) is 0 Å². The predicted molar refractivity (Wildman–Crippen MR) is 54.6 cm³/mol. The Kier molecular flexibility index (Phi) is 2.90. The van der Waals surface area contributed by atoms with E-state index < -0.39 is 0 Å². The van der Waals surface area contributed by atoms with Crippen LogP contribution in [0.5, 0.6) is 0 Å². The van der Waals surface area contributed by atoms with Gasteiger partial charge in [-0.05, 0) is 18.4 Å². The Morgan fingerprint density at radius 3 is 3.14 bits per heavy atom. The first-order valence-corrected chi connectivity index (χ1v) is 5.32. The first-order valence-electron chi connectivity index (χ1n) is 4.44. The molecule has 74 valence electrons. The largest absolute Gasteiger partial charge is 0.396 e. The average molecular weight is 209 g/mol. The van der Waals surface area contributed by atoms with E-state index in [2.05, 4.69) is 10.1 Å². The minimum Gasteiger partial charge on any atom is -0.396 e. The average Bonchev–Trinajstić information content (AvgIpc) is 2.85. The van der Waals surface area contributed by atoms with E-state index in [0.717, 1.165) is 23.5 Å². The van der Waals surface area contributed by atoms with Crippen LogP contribution < -0.4 is 0 Å². The van der Waals surface area contributed by atoms with Crippen molar-refractivity contribution in [1.29, 1.82) is 0 Å². The van der Waals surface area contributed by atoms with Gasteiger partial charge in [-0.2, -0.15) is 5.10 Å². The molecule has 0 fully saturated rings. The molecule has 5 heteroatoms. The first-order chi connectivity index (χ1) is 6.90. The Balaban J connectivity index is 2.10. The van der Waals surface area contributed by atoms with Gasteiger partial charge < -0.3 is 5.11 Å². The number of aryl methyl sites for hydroxylation is 1. The summed E-state index contributed by atoms with van der Waals surface area (Å²) in [5, 5.41) is 15.7. The normalized spacial score (nSPS) is 10.6. The highest BCUT2D eigenvalue weighted by Crippen LogP contribution is 2.11. The molecule has 2 aromatic rings. The predicted octanol–water partition coefficient (Wildman–Crippen LogP) is 1.25. The minimum absolute atomic E-state index is 0.225. The molecule has 2 aromatic heterocycles. The standard InChI is InChI=1S/C9H11N3OS/c13-4-1-2-8-6-11-12(7-8)9-10-3-5-14-9/h3,5-7,13H,1-2,4H2. The molecular formula is C9H11N3OS. The molecule has 1 N–H and O–H groups in total. The number of thiazole rings is 1. The Hall–Kier alpha value is -1.20. The maximum atomic E-state index is 8.68. The highest BCUT2D eigenvalue weighted by atomic mass is 32.1. The van der Waals surface area contributed by atoms with Crippen LogP contribution in [0.25, 0.3) is 5.13 Å². The molecule has 4 nitrogen and oxygen atoms in total. The van der Waals surface area contributed by atoms with Crippen molar-refractivity contribution in [3.63, 3.8) is 0 Å². The van der Waals surface area contributed by atoms with E-state index in [4.69, 9.17) is 5.11 Å². The highest BCUT2D eigenvalue weighted by molar-refractivity contribution is 7.12. The zero-order chi connectivity index (χ0) is 9.80. The van der Waals surface area contributed by atoms with E-state index in [1.807, 2.05) is 17.8 Å². The molecule has 0 aromatic carbocycles. The number of rotatable bonds is 4. The number of aliphatic hydroxyl groups excluding tert-OH is 1. The number of hydrogen-bond donors (Lipinski definition) is 1. The molecule has 14 heavy (non-hydrogen) atoms. The summed E-state index contributed by atoms with van der Waals surface area (Å²) in [7, 11) is 0. The maximum absolute atomic E-state index is 8.68. The third-order valence-corrected chi connectivity index (χ3v) is 2.64. The fourth-order valence-electron chi connectivity index (χ4n) is 1.21. The number of aliphatic hydroxyl groups is 1. The fourth-order valence-corrected chi connectivity index (χ4v) is 1.78. The zero-order valence-corrected chi connectivity index (χ0v) is 8.44. The lowest BCUT2D eigenvalue weighted by atomic mass is 10.2. The summed E-state index contributed by atoms with van der Waals surface area (Å²) in [6, 6.07) is 0. The van der Waals surface area contributed by atoms with Crippen LogP contribution in [0.1, 0.15) is 12.0 Å². The lowest BCUT2D eigenvalue weighted by molar-refractivity contribution is 0.288. The second-order valence-electron chi connectivity index (χ2n) is 2.93. The van der Waals surface area contributed by atoms with Crippen LogP contribution >= 0.6 is 11.3 Å². The molecule has 0 aliphatic rings. The van der Waals surface area contributed by atoms with Gasteiger partial charge in [0.05, 0.1) is 6.20 Å². The number of aromatic nitrogens is 3. The molecule has 2 heterocycles. The third kappa shape index (κ3) is 2.00. The Morgan fingerprint density at radius 1 is 1.50 bits per heavy atom. The van der Waals surface area contributed by atoms with Crippen molar-refractivity contribution >= 4 is 11.3 Å².